The van der Waals surface area contributed by atoms with Crippen molar-refractivity contribution in [1.82, 2.24) is 14.5 Å². The fourth-order valence-electron chi connectivity index (χ4n) is 1.38. The minimum Gasteiger partial charge on any atom is -0.443 e. The lowest BCUT2D eigenvalue weighted by molar-refractivity contribution is 0.0543. The number of halogens is 1. The van der Waals surface area contributed by atoms with Gasteiger partial charge in [0, 0.05) is 16.9 Å². The molecule has 17 heavy (non-hydrogen) atoms. The molecule has 0 spiro atoms. The summed E-state index contributed by atoms with van der Waals surface area (Å²) in [5.41, 5.74) is -0.00572. The van der Waals surface area contributed by atoms with Crippen LogP contribution in [0.2, 0.25) is 0 Å². The van der Waals surface area contributed by atoms with Crippen molar-refractivity contribution in [3.05, 3.63) is 23.2 Å². The molecule has 0 aliphatic carbocycles. The monoisotopic (exact) mass is 297 g/mol. The van der Waals surface area contributed by atoms with E-state index >= 15 is 0 Å². The molecule has 0 saturated carbocycles. The van der Waals surface area contributed by atoms with Crippen molar-refractivity contribution in [2.24, 2.45) is 0 Å². The smallest absolute Gasteiger partial charge is 0.420 e. The molecule has 0 unspecified atom stereocenters. The Kier molecular flexibility index (Phi) is 2.91. The van der Waals surface area contributed by atoms with Gasteiger partial charge in [0.1, 0.15) is 11.9 Å². The van der Waals surface area contributed by atoms with E-state index in [1.54, 1.807) is 12.4 Å². The van der Waals surface area contributed by atoms with E-state index < -0.39 is 11.7 Å². The van der Waals surface area contributed by atoms with Crippen molar-refractivity contribution in [1.29, 1.82) is 0 Å². The summed E-state index contributed by atoms with van der Waals surface area (Å²) in [6.07, 6.45) is 4.22. The van der Waals surface area contributed by atoms with Gasteiger partial charge in [-0.15, -0.1) is 0 Å². The highest BCUT2D eigenvalue weighted by Crippen LogP contribution is 2.24. The van der Waals surface area contributed by atoms with E-state index in [0.717, 1.165) is 9.86 Å². The van der Waals surface area contributed by atoms with Crippen LogP contribution in [-0.2, 0) is 4.74 Å². The summed E-state index contributed by atoms with van der Waals surface area (Å²) in [6, 6.07) is 0. The first-order valence-electron chi connectivity index (χ1n) is 5.08. The van der Waals surface area contributed by atoms with Crippen LogP contribution in [0.1, 0.15) is 20.8 Å². The number of carbonyl (C=O) groups is 1. The molecule has 5 nitrogen and oxygen atoms in total. The molecule has 0 aromatic carbocycles. The highest BCUT2D eigenvalue weighted by atomic mass is 79.9. The number of rotatable bonds is 0. The van der Waals surface area contributed by atoms with Crippen molar-refractivity contribution in [3.63, 3.8) is 0 Å². The van der Waals surface area contributed by atoms with Crippen LogP contribution in [0, 0.1) is 0 Å². The Labute approximate surface area is 107 Å². The molecule has 0 aliphatic heterocycles. The zero-order valence-corrected chi connectivity index (χ0v) is 11.4. The van der Waals surface area contributed by atoms with Crippen molar-refractivity contribution in [3.8, 4) is 0 Å². The topological polar surface area (TPSA) is 57.0 Å². The predicted molar refractivity (Wildman–Crippen MR) is 66.9 cm³/mol. The minimum absolute atomic E-state index is 0.452. The van der Waals surface area contributed by atoms with Gasteiger partial charge in [0.05, 0.1) is 5.39 Å². The Bertz CT molecular complexity index is 572. The van der Waals surface area contributed by atoms with Gasteiger partial charge in [0.15, 0.2) is 5.65 Å². The molecular formula is C11H12BrN3O2. The molecule has 0 aliphatic rings. The first-order valence-corrected chi connectivity index (χ1v) is 5.88. The zero-order chi connectivity index (χ0) is 12.6. The van der Waals surface area contributed by atoms with Crippen LogP contribution in [0.4, 0.5) is 4.79 Å². The molecule has 0 amide bonds. The second-order valence-corrected chi connectivity index (χ2v) is 5.44. The van der Waals surface area contributed by atoms with Gasteiger partial charge in [-0.05, 0) is 36.7 Å². The fourth-order valence-corrected chi connectivity index (χ4v) is 1.86. The lowest BCUT2D eigenvalue weighted by atomic mass is 10.2. The van der Waals surface area contributed by atoms with Gasteiger partial charge < -0.3 is 4.74 Å². The maximum atomic E-state index is 11.9. The van der Waals surface area contributed by atoms with Crippen LogP contribution >= 0.6 is 15.9 Å². The first kappa shape index (κ1) is 12.0. The summed E-state index contributed by atoms with van der Waals surface area (Å²) in [6.45, 7) is 5.46. The van der Waals surface area contributed by atoms with Crippen LogP contribution in [0.5, 0.6) is 0 Å². The number of ether oxygens (including phenoxy) is 1. The molecular weight excluding hydrogens is 286 g/mol. The molecule has 0 saturated heterocycles. The standard InChI is InChI=1S/C11H12BrN3O2/c1-11(2,3)17-10(16)15-5-8(12)7-4-13-6-14-9(7)15/h4-6H,1-3H3. The van der Waals surface area contributed by atoms with Gasteiger partial charge in [0.2, 0.25) is 0 Å². The van der Waals surface area contributed by atoms with Crippen molar-refractivity contribution in [2.45, 2.75) is 26.4 Å². The van der Waals surface area contributed by atoms with Gasteiger partial charge in [0.25, 0.3) is 0 Å². The lowest BCUT2D eigenvalue weighted by Crippen LogP contribution is -2.26. The molecule has 0 N–H and O–H groups in total. The molecule has 0 atom stereocenters. The average Bonchev–Trinajstić information content (AvgIpc) is 2.55. The Morgan fingerprint density at radius 1 is 1.47 bits per heavy atom. The van der Waals surface area contributed by atoms with Gasteiger partial charge >= 0.3 is 6.09 Å². The van der Waals surface area contributed by atoms with Crippen molar-refractivity contribution in [2.75, 3.05) is 0 Å². The summed E-state index contributed by atoms with van der Waals surface area (Å²) in [5.74, 6) is 0. The van der Waals surface area contributed by atoms with E-state index in [0.29, 0.717) is 5.65 Å². The second kappa shape index (κ2) is 4.10. The van der Waals surface area contributed by atoms with E-state index in [1.165, 1.54) is 10.9 Å². The molecule has 0 fully saturated rings. The van der Waals surface area contributed by atoms with Crippen LogP contribution in [-0.4, -0.2) is 26.2 Å². The third kappa shape index (κ3) is 2.46. The van der Waals surface area contributed by atoms with E-state index in [1.807, 2.05) is 20.8 Å². The van der Waals surface area contributed by atoms with Crippen LogP contribution in [0.25, 0.3) is 11.0 Å². The number of hydrogen-bond acceptors (Lipinski definition) is 4. The summed E-state index contributed by atoms with van der Waals surface area (Å²) >= 11 is 3.36. The van der Waals surface area contributed by atoms with Crippen LogP contribution < -0.4 is 0 Å². The summed E-state index contributed by atoms with van der Waals surface area (Å²) < 4.78 is 7.42. The predicted octanol–water partition coefficient (Wildman–Crippen LogP) is 2.98. The Morgan fingerprint density at radius 2 is 2.18 bits per heavy atom. The molecule has 0 radical (unpaired) electrons. The fraction of sp³-hybridized carbons (Fsp3) is 0.364. The van der Waals surface area contributed by atoms with Crippen LogP contribution in [0.15, 0.2) is 23.2 Å². The average molecular weight is 298 g/mol. The maximum absolute atomic E-state index is 11.9. The van der Waals surface area contributed by atoms with E-state index in [-0.39, 0.29) is 0 Å². The molecule has 0 bridgehead atoms. The zero-order valence-electron chi connectivity index (χ0n) is 9.77. The maximum Gasteiger partial charge on any atom is 0.420 e. The van der Waals surface area contributed by atoms with E-state index in [2.05, 4.69) is 25.9 Å². The third-order valence-corrected chi connectivity index (χ3v) is 2.64. The minimum atomic E-state index is -0.535. The summed E-state index contributed by atoms with van der Waals surface area (Å²) in [7, 11) is 0. The highest BCUT2D eigenvalue weighted by Gasteiger charge is 2.20. The molecule has 2 aromatic heterocycles. The molecule has 90 valence electrons. The van der Waals surface area contributed by atoms with Crippen molar-refractivity contribution >= 4 is 33.1 Å². The lowest BCUT2D eigenvalue weighted by Gasteiger charge is -2.19. The third-order valence-electron chi connectivity index (χ3n) is 2.01. The normalized spacial score (nSPS) is 11.8. The second-order valence-electron chi connectivity index (χ2n) is 4.59. The molecule has 2 heterocycles. The number of hydrogen-bond donors (Lipinski definition) is 0. The van der Waals surface area contributed by atoms with Gasteiger partial charge in [-0.2, -0.15) is 0 Å². The van der Waals surface area contributed by atoms with Gasteiger partial charge in [-0.25, -0.2) is 19.3 Å². The first-order chi connectivity index (χ1) is 7.88. The Hall–Kier alpha value is -1.43. The largest absolute Gasteiger partial charge is 0.443 e. The quantitative estimate of drug-likeness (QED) is 0.750. The Balaban J connectivity index is 2.46. The van der Waals surface area contributed by atoms with E-state index in [9.17, 15) is 4.79 Å². The molecule has 6 heteroatoms. The number of aromatic nitrogens is 3. The molecule has 2 aromatic rings. The van der Waals surface area contributed by atoms with Crippen molar-refractivity contribution < 1.29 is 9.53 Å². The van der Waals surface area contributed by atoms with Gasteiger partial charge in [-0.3, -0.25) is 0 Å². The highest BCUT2D eigenvalue weighted by molar-refractivity contribution is 9.10. The number of fused-ring (bicyclic) bond motifs is 1. The van der Waals surface area contributed by atoms with Gasteiger partial charge in [-0.1, -0.05) is 0 Å². The molecule has 2 rings (SSSR count). The number of nitrogens with zero attached hydrogens (tertiary/aromatic N) is 3. The summed E-state index contributed by atoms with van der Waals surface area (Å²) in [4.78, 5) is 19.9. The van der Waals surface area contributed by atoms with Crippen LogP contribution in [0.3, 0.4) is 0 Å². The van der Waals surface area contributed by atoms with E-state index in [4.69, 9.17) is 4.74 Å². The SMILES string of the molecule is CC(C)(C)OC(=O)n1cc(Br)c2cncnc21. The number of carbonyl (C=O) groups excluding carboxylic acids is 1. The summed E-state index contributed by atoms with van der Waals surface area (Å²) in [5, 5.41) is 0.776. The Morgan fingerprint density at radius 3 is 2.82 bits per heavy atom.